The normalized spacial score (nSPS) is 16.0. The van der Waals surface area contributed by atoms with Crippen LogP contribution in [0.3, 0.4) is 0 Å². The molecule has 32 heavy (non-hydrogen) atoms. The maximum absolute atomic E-state index is 13.7. The summed E-state index contributed by atoms with van der Waals surface area (Å²) in [5, 5.41) is 5.64. The number of benzene rings is 1. The molecule has 0 radical (unpaired) electrons. The second kappa shape index (κ2) is 10.4. The van der Waals surface area contributed by atoms with Gasteiger partial charge in [-0.05, 0) is 91.3 Å². The van der Waals surface area contributed by atoms with Crippen LogP contribution in [0.5, 0.6) is 0 Å². The van der Waals surface area contributed by atoms with E-state index in [1.165, 1.54) is 0 Å². The van der Waals surface area contributed by atoms with Gasteiger partial charge in [0.2, 0.25) is 11.8 Å². The molecule has 2 N–H and O–H groups in total. The fourth-order valence-electron chi connectivity index (χ4n) is 3.80. The molecular weight excluding hydrogens is 406 g/mol. The van der Waals surface area contributed by atoms with Crippen molar-refractivity contribution < 1.29 is 19.1 Å². The zero-order valence-corrected chi connectivity index (χ0v) is 20.7. The molecule has 0 saturated heterocycles. The van der Waals surface area contributed by atoms with Crippen LogP contribution in [0.25, 0.3) is 0 Å². The topological polar surface area (TPSA) is 87.7 Å². The molecule has 0 aliphatic heterocycles. The Labute approximate surface area is 192 Å². The van der Waals surface area contributed by atoms with Gasteiger partial charge in [0.25, 0.3) is 0 Å². The Balaban J connectivity index is 2.42. The van der Waals surface area contributed by atoms with E-state index in [0.29, 0.717) is 0 Å². The van der Waals surface area contributed by atoms with E-state index in [1.54, 1.807) is 32.6 Å². The van der Waals surface area contributed by atoms with Crippen molar-refractivity contribution in [3.8, 4) is 0 Å². The van der Waals surface area contributed by atoms with E-state index in [4.69, 9.17) is 4.74 Å². The van der Waals surface area contributed by atoms with Crippen molar-refractivity contribution in [2.24, 2.45) is 0 Å². The Kier molecular flexibility index (Phi) is 8.32. The lowest BCUT2D eigenvalue weighted by Crippen LogP contribution is -2.57. The zero-order valence-electron chi connectivity index (χ0n) is 20.7. The summed E-state index contributed by atoms with van der Waals surface area (Å²) in [6.45, 7) is 14.7. The first-order chi connectivity index (χ1) is 14.8. The Hall–Kier alpha value is -2.57. The summed E-state index contributed by atoms with van der Waals surface area (Å²) in [6.07, 6.45) is 2.03. The number of amides is 3. The van der Waals surface area contributed by atoms with Crippen LogP contribution < -0.4 is 10.6 Å². The van der Waals surface area contributed by atoms with Gasteiger partial charge >= 0.3 is 6.09 Å². The molecule has 1 fully saturated rings. The molecule has 3 amide bonds. The Morgan fingerprint density at radius 2 is 1.69 bits per heavy atom. The number of hydrogen-bond acceptors (Lipinski definition) is 4. The second-order valence-electron chi connectivity index (χ2n) is 10.1. The molecule has 7 nitrogen and oxygen atoms in total. The lowest BCUT2D eigenvalue weighted by Gasteiger charge is -2.43. The largest absolute Gasteiger partial charge is 0.444 e. The van der Waals surface area contributed by atoms with Crippen molar-refractivity contribution >= 4 is 17.9 Å². The molecule has 7 heteroatoms. The number of nitrogens with one attached hydrogen (secondary N) is 2. The van der Waals surface area contributed by atoms with Gasteiger partial charge in [0, 0.05) is 12.1 Å². The van der Waals surface area contributed by atoms with Crippen LogP contribution in [0.15, 0.2) is 18.2 Å². The summed E-state index contributed by atoms with van der Waals surface area (Å²) in [5.41, 5.74) is 2.19. The number of nitrogens with zero attached hydrogens (tertiary/aromatic N) is 1. The Bertz CT molecular complexity index is 840. The molecule has 2 rings (SSSR count). The summed E-state index contributed by atoms with van der Waals surface area (Å²) in [4.78, 5) is 41.0. The minimum atomic E-state index is -0.829. The van der Waals surface area contributed by atoms with Crippen molar-refractivity contribution in [2.45, 2.75) is 104 Å². The van der Waals surface area contributed by atoms with Gasteiger partial charge in [-0.2, -0.15) is 0 Å². The number of aryl methyl sites for hydroxylation is 1. The first-order valence-electron chi connectivity index (χ1n) is 11.5. The maximum atomic E-state index is 13.7. The molecule has 0 aromatic heterocycles. The van der Waals surface area contributed by atoms with E-state index >= 15 is 0 Å². The molecule has 0 spiro atoms. The van der Waals surface area contributed by atoms with Crippen LogP contribution >= 0.6 is 0 Å². The van der Waals surface area contributed by atoms with Crippen molar-refractivity contribution in [1.29, 1.82) is 0 Å². The lowest BCUT2D eigenvalue weighted by molar-refractivity contribution is -0.147. The van der Waals surface area contributed by atoms with Crippen molar-refractivity contribution in [3.05, 3.63) is 34.9 Å². The highest BCUT2D eigenvalue weighted by Crippen LogP contribution is 2.35. The van der Waals surface area contributed by atoms with E-state index in [9.17, 15) is 14.4 Å². The number of carbonyl (C=O) groups excluding carboxylic acids is 3. The predicted molar refractivity (Wildman–Crippen MR) is 125 cm³/mol. The van der Waals surface area contributed by atoms with Gasteiger partial charge in [0.15, 0.2) is 0 Å². The average Bonchev–Trinajstić information content (AvgIpc) is 2.60. The summed E-state index contributed by atoms with van der Waals surface area (Å²) in [5.74, 6) is -0.496. The Morgan fingerprint density at radius 1 is 1.06 bits per heavy atom. The molecule has 1 saturated carbocycles. The molecule has 0 bridgehead atoms. The van der Waals surface area contributed by atoms with Gasteiger partial charge in [0.05, 0.1) is 0 Å². The highest BCUT2D eigenvalue weighted by Gasteiger charge is 2.41. The molecule has 0 heterocycles. The number of rotatable bonds is 7. The first kappa shape index (κ1) is 25.7. The van der Waals surface area contributed by atoms with E-state index in [2.05, 4.69) is 10.6 Å². The Morgan fingerprint density at radius 3 is 2.19 bits per heavy atom. The van der Waals surface area contributed by atoms with Gasteiger partial charge in [-0.3, -0.25) is 9.59 Å². The minimum Gasteiger partial charge on any atom is -0.444 e. The van der Waals surface area contributed by atoms with Gasteiger partial charge < -0.3 is 20.3 Å². The van der Waals surface area contributed by atoms with Crippen LogP contribution in [-0.4, -0.2) is 46.5 Å². The lowest BCUT2D eigenvalue weighted by atomic mass is 9.87. The van der Waals surface area contributed by atoms with Crippen molar-refractivity contribution in [3.63, 3.8) is 0 Å². The first-order valence-corrected chi connectivity index (χ1v) is 11.5. The van der Waals surface area contributed by atoms with Gasteiger partial charge in [0.1, 0.15) is 17.7 Å². The second-order valence-corrected chi connectivity index (χ2v) is 10.1. The van der Waals surface area contributed by atoms with E-state index in [1.807, 2.05) is 45.9 Å². The van der Waals surface area contributed by atoms with Crippen LogP contribution in [0, 0.1) is 13.8 Å². The number of alkyl carbamates (subject to hydrolysis) is 1. The van der Waals surface area contributed by atoms with E-state index < -0.39 is 23.8 Å². The van der Waals surface area contributed by atoms with Crippen LogP contribution in [-0.2, 0) is 14.3 Å². The monoisotopic (exact) mass is 445 g/mol. The summed E-state index contributed by atoms with van der Waals surface area (Å²) in [7, 11) is 0. The molecule has 2 unspecified atom stereocenters. The van der Waals surface area contributed by atoms with Crippen molar-refractivity contribution in [1.82, 2.24) is 15.5 Å². The van der Waals surface area contributed by atoms with Gasteiger partial charge in [-0.25, -0.2) is 4.79 Å². The molecular formula is C25H39N3O4. The molecule has 1 aromatic rings. The summed E-state index contributed by atoms with van der Waals surface area (Å²) in [6, 6.07) is 4.12. The average molecular weight is 446 g/mol. The predicted octanol–water partition coefficient (Wildman–Crippen LogP) is 4.16. The van der Waals surface area contributed by atoms with Crippen molar-refractivity contribution in [2.75, 3.05) is 0 Å². The quantitative estimate of drug-likeness (QED) is 0.660. The van der Waals surface area contributed by atoms with Gasteiger partial charge in [-0.1, -0.05) is 18.2 Å². The third-order valence-corrected chi connectivity index (χ3v) is 5.72. The highest BCUT2D eigenvalue weighted by atomic mass is 16.6. The molecule has 2 atom stereocenters. The number of carbonyl (C=O) groups is 3. The smallest absolute Gasteiger partial charge is 0.408 e. The van der Waals surface area contributed by atoms with E-state index in [-0.39, 0.29) is 23.9 Å². The SMILES string of the molecule is Cc1cccc(C(C(=O)NC(C)C)N(C(=O)C(C)NC(=O)OC(C)(C)C)C2CCC2)c1C. The standard InChI is InChI=1S/C25H39N3O4/c1-15(2)26-22(29)21(20-14-9-11-16(3)17(20)4)28(19-12-10-13-19)23(30)18(5)27-24(31)32-25(6,7)8/h9,11,14-15,18-19,21H,10,12-13H2,1-8H3,(H,26,29)(H,27,31). The van der Waals surface area contributed by atoms with Crippen LogP contribution in [0.4, 0.5) is 4.79 Å². The summed E-state index contributed by atoms with van der Waals surface area (Å²) >= 11 is 0. The highest BCUT2D eigenvalue weighted by molar-refractivity contribution is 5.92. The zero-order chi connectivity index (χ0) is 24.2. The molecule has 178 valence electrons. The molecule has 1 aliphatic carbocycles. The minimum absolute atomic E-state index is 0.0480. The third kappa shape index (κ3) is 6.47. The molecule has 1 aromatic carbocycles. The van der Waals surface area contributed by atoms with Crippen LogP contribution in [0.1, 0.15) is 83.5 Å². The molecule has 1 aliphatic rings. The maximum Gasteiger partial charge on any atom is 0.408 e. The van der Waals surface area contributed by atoms with Gasteiger partial charge in [-0.15, -0.1) is 0 Å². The fraction of sp³-hybridized carbons (Fsp3) is 0.640. The number of hydrogen-bond donors (Lipinski definition) is 2. The number of ether oxygens (including phenoxy) is 1. The van der Waals surface area contributed by atoms with E-state index in [0.717, 1.165) is 36.0 Å². The van der Waals surface area contributed by atoms with Crippen LogP contribution in [0.2, 0.25) is 0 Å². The summed E-state index contributed by atoms with van der Waals surface area (Å²) < 4.78 is 5.32. The fourth-order valence-corrected chi connectivity index (χ4v) is 3.80. The third-order valence-electron chi connectivity index (χ3n) is 5.72.